The summed E-state index contributed by atoms with van der Waals surface area (Å²) in [4.78, 5) is 27.3. The van der Waals surface area contributed by atoms with Gasteiger partial charge in [0.05, 0.1) is 5.69 Å². The zero-order valence-electron chi connectivity index (χ0n) is 17.0. The second kappa shape index (κ2) is 7.59. The zero-order chi connectivity index (χ0) is 20.7. The van der Waals surface area contributed by atoms with Crippen LogP contribution < -0.4 is 10.2 Å². The number of amides is 2. The Morgan fingerprint density at radius 1 is 1.10 bits per heavy atom. The van der Waals surface area contributed by atoms with Crippen molar-refractivity contribution in [3.63, 3.8) is 0 Å². The summed E-state index contributed by atoms with van der Waals surface area (Å²) in [7, 11) is 0. The van der Waals surface area contributed by atoms with Gasteiger partial charge in [-0.05, 0) is 75.2 Å². The minimum atomic E-state index is -0.449. The van der Waals surface area contributed by atoms with Crippen molar-refractivity contribution in [1.29, 1.82) is 0 Å². The van der Waals surface area contributed by atoms with Crippen molar-refractivity contribution >= 4 is 40.9 Å². The lowest BCUT2D eigenvalue weighted by Crippen LogP contribution is -2.54. The summed E-state index contributed by atoms with van der Waals surface area (Å²) < 4.78 is 2.36. The van der Waals surface area contributed by atoms with Crippen LogP contribution in [0.4, 0.5) is 5.69 Å². The third-order valence-electron chi connectivity index (χ3n) is 5.97. The molecule has 0 unspecified atom stereocenters. The minimum absolute atomic E-state index is 0.105. The van der Waals surface area contributed by atoms with Crippen LogP contribution in [0, 0.1) is 20.8 Å². The third kappa shape index (κ3) is 3.42. The van der Waals surface area contributed by atoms with E-state index in [0.29, 0.717) is 11.7 Å². The Hall–Kier alpha value is -2.73. The highest BCUT2D eigenvalue weighted by atomic mass is 32.1. The number of nitrogens with one attached hydrogen (secondary N) is 1. The number of aromatic nitrogens is 1. The van der Waals surface area contributed by atoms with Gasteiger partial charge < -0.3 is 4.57 Å². The van der Waals surface area contributed by atoms with Crippen LogP contribution in [-0.2, 0) is 9.59 Å². The second-order valence-electron chi connectivity index (χ2n) is 7.88. The van der Waals surface area contributed by atoms with Gasteiger partial charge in [0.25, 0.3) is 11.8 Å². The SMILES string of the molecule is Cc1ccccc1N1C(=O)C(=Cc2cc(C)n(C3CCCC3)c2C)C(=O)NC1=S. The third-order valence-corrected chi connectivity index (χ3v) is 6.26. The van der Waals surface area contributed by atoms with Crippen molar-refractivity contribution in [2.75, 3.05) is 4.90 Å². The number of aryl methyl sites for hydroxylation is 2. The van der Waals surface area contributed by atoms with Crippen LogP contribution in [0.15, 0.2) is 35.9 Å². The topological polar surface area (TPSA) is 54.3 Å². The second-order valence-corrected chi connectivity index (χ2v) is 8.27. The van der Waals surface area contributed by atoms with E-state index >= 15 is 0 Å². The van der Waals surface area contributed by atoms with Crippen molar-refractivity contribution < 1.29 is 9.59 Å². The smallest absolute Gasteiger partial charge is 0.270 e. The lowest BCUT2D eigenvalue weighted by Gasteiger charge is -2.30. The first kappa shape index (κ1) is 19.6. The number of carbonyl (C=O) groups is 2. The fourth-order valence-electron chi connectivity index (χ4n) is 4.52. The van der Waals surface area contributed by atoms with Gasteiger partial charge in [0.15, 0.2) is 5.11 Å². The maximum absolute atomic E-state index is 13.3. The van der Waals surface area contributed by atoms with Crippen molar-refractivity contribution in [2.45, 2.75) is 52.5 Å². The minimum Gasteiger partial charge on any atom is -0.346 e. The molecule has 1 aliphatic carbocycles. The van der Waals surface area contributed by atoms with Crippen LogP contribution >= 0.6 is 12.2 Å². The van der Waals surface area contributed by atoms with Gasteiger partial charge in [-0.25, -0.2) is 0 Å². The molecule has 1 N–H and O–H groups in total. The average molecular weight is 408 g/mol. The molecule has 150 valence electrons. The number of anilines is 1. The molecule has 0 atom stereocenters. The summed E-state index contributed by atoms with van der Waals surface area (Å²) in [5.41, 5.74) is 4.87. The molecule has 6 heteroatoms. The van der Waals surface area contributed by atoms with Gasteiger partial charge in [-0.2, -0.15) is 0 Å². The number of carbonyl (C=O) groups excluding carboxylic acids is 2. The molecule has 0 radical (unpaired) electrons. The van der Waals surface area contributed by atoms with Crippen LogP contribution in [0.5, 0.6) is 0 Å². The predicted molar refractivity (Wildman–Crippen MR) is 119 cm³/mol. The molecular formula is C23H25N3O2S. The number of thiocarbonyl (C=S) groups is 1. The molecule has 0 bridgehead atoms. The first-order valence-electron chi connectivity index (χ1n) is 10.0. The van der Waals surface area contributed by atoms with Crippen LogP contribution in [0.25, 0.3) is 6.08 Å². The largest absolute Gasteiger partial charge is 0.346 e. The van der Waals surface area contributed by atoms with Gasteiger partial charge in [0.2, 0.25) is 0 Å². The Kier molecular flexibility index (Phi) is 5.13. The monoisotopic (exact) mass is 407 g/mol. The van der Waals surface area contributed by atoms with Gasteiger partial charge in [-0.15, -0.1) is 0 Å². The fourth-order valence-corrected chi connectivity index (χ4v) is 4.79. The Morgan fingerprint density at radius 3 is 2.48 bits per heavy atom. The number of benzene rings is 1. The Labute approximate surface area is 176 Å². The molecule has 2 fully saturated rings. The average Bonchev–Trinajstić information content (AvgIpc) is 3.28. The van der Waals surface area contributed by atoms with E-state index in [4.69, 9.17) is 12.2 Å². The van der Waals surface area contributed by atoms with Gasteiger partial charge in [-0.3, -0.25) is 19.8 Å². The summed E-state index contributed by atoms with van der Waals surface area (Å²) >= 11 is 5.31. The molecule has 1 aromatic heterocycles. The van der Waals surface area contributed by atoms with Crippen molar-refractivity contribution in [2.24, 2.45) is 0 Å². The maximum Gasteiger partial charge on any atom is 0.270 e. The van der Waals surface area contributed by atoms with E-state index in [9.17, 15) is 9.59 Å². The van der Waals surface area contributed by atoms with Crippen LogP contribution in [0.3, 0.4) is 0 Å². The lowest BCUT2D eigenvalue weighted by molar-refractivity contribution is -0.122. The highest BCUT2D eigenvalue weighted by Crippen LogP contribution is 2.34. The number of hydrogen-bond donors (Lipinski definition) is 1. The molecule has 1 aliphatic heterocycles. The Morgan fingerprint density at radius 2 is 1.79 bits per heavy atom. The van der Waals surface area contributed by atoms with E-state index < -0.39 is 11.8 Å². The first-order valence-corrected chi connectivity index (χ1v) is 10.4. The number of para-hydroxylation sites is 1. The molecule has 0 spiro atoms. The van der Waals surface area contributed by atoms with E-state index in [1.54, 1.807) is 6.08 Å². The van der Waals surface area contributed by atoms with Crippen molar-refractivity contribution in [3.8, 4) is 0 Å². The zero-order valence-corrected chi connectivity index (χ0v) is 17.8. The highest BCUT2D eigenvalue weighted by Gasteiger charge is 2.35. The summed E-state index contributed by atoms with van der Waals surface area (Å²) in [6, 6.07) is 10.1. The molecule has 1 saturated heterocycles. The number of nitrogens with zero attached hydrogens (tertiary/aromatic N) is 2. The van der Waals surface area contributed by atoms with Gasteiger partial charge >= 0.3 is 0 Å². The van der Waals surface area contributed by atoms with Crippen LogP contribution in [0.1, 0.15) is 54.2 Å². The molecule has 2 heterocycles. The molecule has 2 aliphatic rings. The lowest BCUT2D eigenvalue weighted by atomic mass is 10.1. The van der Waals surface area contributed by atoms with Crippen molar-refractivity contribution in [1.82, 2.24) is 9.88 Å². The van der Waals surface area contributed by atoms with Gasteiger partial charge in [0, 0.05) is 17.4 Å². The highest BCUT2D eigenvalue weighted by molar-refractivity contribution is 7.80. The normalized spacial score (nSPS) is 19.3. The maximum atomic E-state index is 13.3. The van der Waals surface area contributed by atoms with Crippen molar-refractivity contribution in [3.05, 3.63) is 58.4 Å². The predicted octanol–water partition coefficient (Wildman–Crippen LogP) is 4.36. The van der Waals surface area contributed by atoms with E-state index in [0.717, 1.165) is 22.5 Å². The number of hydrogen-bond acceptors (Lipinski definition) is 3. The summed E-state index contributed by atoms with van der Waals surface area (Å²) in [6.45, 7) is 6.07. The summed E-state index contributed by atoms with van der Waals surface area (Å²) in [5.74, 6) is -0.839. The quantitative estimate of drug-likeness (QED) is 0.467. The first-order chi connectivity index (χ1) is 13.9. The van der Waals surface area contributed by atoms with E-state index in [1.807, 2.05) is 31.2 Å². The molecule has 29 heavy (non-hydrogen) atoms. The Bertz CT molecular complexity index is 1040. The van der Waals surface area contributed by atoms with E-state index in [-0.39, 0.29) is 10.7 Å². The standard InChI is InChI=1S/C23H25N3O2S/c1-14-8-4-7-11-20(14)26-22(28)19(21(27)24-23(26)29)13-17-12-15(2)25(16(17)3)18-9-5-6-10-18/h4,7-8,11-13,18H,5-6,9-10H2,1-3H3,(H,24,27,29). The molecule has 1 saturated carbocycles. The molecule has 2 aromatic rings. The van der Waals surface area contributed by atoms with Gasteiger partial charge in [-0.1, -0.05) is 31.0 Å². The summed E-state index contributed by atoms with van der Waals surface area (Å²) in [6.07, 6.45) is 6.57. The molecule has 5 nitrogen and oxygen atoms in total. The summed E-state index contributed by atoms with van der Waals surface area (Å²) in [5, 5.41) is 2.79. The Balaban J connectivity index is 1.74. The van der Waals surface area contributed by atoms with E-state index in [2.05, 4.69) is 29.8 Å². The van der Waals surface area contributed by atoms with Crippen LogP contribution in [0.2, 0.25) is 0 Å². The number of rotatable bonds is 3. The van der Waals surface area contributed by atoms with Crippen LogP contribution in [-0.4, -0.2) is 21.5 Å². The fraction of sp³-hybridized carbons (Fsp3) is 0.348. The molecule has 2 amide bonds. The van der Waals surface area contributed by atoms with Gasteiger partial charge in [0.1, 0.15) is 5.57 Å². The molecule has 1 aromatic carbocycles. The van der Waals surface area contributed by atoms with E-state index in [1.165, 1.54) is 30.6 Å². The molecular weight excluding hydrogens is 382 g/mol. The molecule has 4 rings (SSSR count).